The van der Waals surface area contributed by atoms with Crippen LogP contribution in [-0.4, -0.2) is 72.7 Å². The van der Waals surface area contributed by atoms with Crippen LogP contribution in [0.25, 0.3) is 0 Å². The van der Waals surface area contributed by atoms with Gasteiger partial charge in [-0.3, -0.25) is 9.62 Å². The van der Waals surface area contributed by atoms with Crippen molar-refractivity contribution in [2.75, 3.05) is 31.0 Å². The summed E-state index contributed by atoms with van der Waals surface area (Å²) >= 11 is 0.966. The van der Waals surface area contributed by atoms with Crippen molar-refractivity contribution >= 4 is 33.7 Å². The van der Waals surface area contributed by atoms with E-state index in [4.69, 9.17) is 14.2 Å². The molecule has 1 saturated heterocycles. The van der Waals surface area contributed by atoms with E-state index < -0.39 is 50.4 Å². The average Bonchev–Trinajstić information content (AvgIpc) is 3.47. The molecule has 1 aromatic heterocycles. The monoisotopic (exact) mass is 831 g/mol. The normalized spacial score (nSPS) is 15.6. The molecule has 1 amide bonds. The fourth-order valence-electron chi connectivity index (χ4n) is 6.51. The molecular weight excluding hydrogens is 785 g/mol. The van der Waals surface area contributed by atoms with E-state index >= 15 is 0 Å². The summed E-state index contributed by atoms with van der Waals surface area (Å²) in [6.07, 6.45) is -0.908. The second kappa shape index (κ2) is 18.7. The maximum atomic E-state index is 14.6. The Morgan fingerprint density at radius 1 is 0.914 bits per heavy atom. The van der Waals surface area contributed by atoms with Crippen LogP contribution in [0.1, 0.15) is 56.4 Å². The summed E-state index contributed by atoms with van der Waals surface area (Å²) < 4.78 is 78.2. The number of hydrogen-bond acceptors (Lipinski definition) is 10. The van der Waals surface area contributed by atoms with Crippen molar-refractivity contribution in [3.05, 3.63) is 149 Å². The molecule has 2 heterocycles. The van der Waals surface area contributed by atoms with Crippen molar-refractivity contribution in [1.82, 2.24) is 20.2 Å². The number of hydrogen-bond donors (Lipinski definition) is 2. The van der Waals surface area contributed by atoms with Gasteiger partial charge in [0.2, 0.25) is 5.88 Å². The van der Waals surface area contributed by atoms with Gasteiger partial charge in [-0.1, -0.05) is 115 Å². The maximum Gasteiger partial charge on any atom is 0.411 e. The van der Waals surface area contributed by atoms with Gasteiger partial charge in [-0.15, -0.1) is 0 Å². The molecule has 306 valence electrons. The van der Waals surface area contributed by atoms with Crippen LogP contribution in [-0.2, 0) is 30.9 Å². The van der Waals surface area contributed by atoms with E-state index in [1.807, 2.05) is 91.0 Å². The molecule has 2 N–H and O–H groups in total. The van der Waals surface area contributed by atoms with Gasteiger partial charge in [-0.2, -0.15) is 4.98 Å². The Hall–Kier alpha value is -5.09. The zero-order valence-corrected chi connectivity index (χ0v) is 34.4. The number of benzene rings is 4. The molecule has 1 aliphatic rings. The van der Waals surface area contributed by atoms with Gasteiger partial charge in [-0.25, -0.2) is 27.0 Å². The summed E-state index contributed by atoms with van der Waals surface area (Å²) in [5.74, 6) is -2.22. The third kappa shape index (κ3) is 10.5. The molecule has 15 heteroatoms. The summed E-state index contributed by atoms with van der Waals surface area (Å²) in [5.41, 5.74) is 0.880. The average molecular weight is 832 g/mol. The molecule has 1 unspecified atom stereocenters. The topological polar surface area (TPSA) is 132 Å². The quantitative estimate of drug-likeness (QED) is 0.0643. The molecule has 0 saturated carbocycles. The first-order chi connectivity index (χ1) is 27.7. The summed E-state index contributed by atoms with van der Waals surface area (Å²) in [6, 6.07) is 34.8. The highest BCUT2D eigenvalue weighted by Gasteiger charge is 2.40. The molecule has 58 heavy (non-hydrogen) atoms. The number of nitrogens with zero attached hydrogens (tertiary/aromatic N) is 3. The number of amides is 1. The summed E-state index contributed by atoms with van der Waals surface area (Å²) in [4.78, 5) is 23.4. The first-order valence-corrected chi connectivity index (χ1v) is 21.4. The van der Waals surface area contributed by atoms with E-state index in [0.29, 0.717) is 13.0 Å². The zero-order valence-electron chi connectivity index (χ0n) is 32.7. The van der Waals surface area contributed by atoms with E-state index in [1.165, 1.54) is 23.1 Å². The number of nitrogens with one attached hydrogen (secondary N) is 2. The Morgan fingerprint density at radius 3 is 2.10 bits per heavy atom. The highest BCUT2D eigenvalue weighted by Crippen LogP contribution is 2.40. The van der Waals surface area contributed by atoms with E-state index in [-0.39, 0.29) is 47.9 Å². The smallest absolute Gasteiger partial charge is 0.411 e. The lowest BCUT2D eigenvalue weighted by atomic mass is 9.80. The highest BCUT2D eigenvalue weighted by atomic mass is 32.2. The molecule has 6 rings (SSSR count). The molecule has 4 aromatic carbocycles. The Kier molecular flexibility index (Phi) is 13.7. The van der Waals surface area contributed by atoms with Crippen LogP contribution in [0.5, 0.6) is 5.88 Å². The summed E-state index contributed by atoms with van der Waals surface area (Å²) in [7, 11) is -4.35. The molecule has 0 aliphatic carbocycles. The van der Waals surface area contributed by atoms with Crippen molar-refractivity contribution in [2.45, 2.75) is 67.7 Å². The minimum Gasteiger partial charge on any atom is -0.472 e. The number of carbonyl (C=O) groups is 1. The van der Waals surface area contributed by atoms with Crippen LogP contribution in [0, 0.1) is 11.6 Å². The van der Waals surface area contributed by atoms with Crippen molar-refractivity contribution in [3.8, 4) is 5.88 Å². The second-order valence-electron chi connectivity index (χ2n) is 14.7. The summed E-state index contributed by atoms with van der Waals surface area (Å²) in [6.45, 7) is 7.53. The van der Waals surface area contributed by atoms with Crippen molar-refractivity contribution < 1.29 is 36.2 Å². The van der Waals surface area contributed by atoms with Gasteiger partial charge >= 0.3 is 6.09 Å². The lowest BCUT2D eigenvalue weighted by Crippen LogP contribution is -2.51. The highest BCUT2D eigenvalue weighted by molar-refractivity contribution is 7.98. The predicted molar refractivity (Wildman–Crippen MR) is 220 cm³/mol. The largest absolute Gasteiger partial charge is 0.472 e. The third-order valence-corrected chi connectivity index (χ3v) is 11.6. The molecule has 1 fully saturated rings. The Bertz CT molecular complexity index is 2150. The van der Waals surface area contributed by atoms with Crippen molar-refractivity contribution in [1.29, 1.82) is 0 Å². The standard InChI is InChI=1S/C43H47F2N5O6S2/c1-30(28-54-43(32-17-8-5-9-18-32,33-19-10-6-11-20-33)34-21-12-7-13-22-34)55-37-26-36(47-40(48-37)57-29-31-16-14-23-35(44)39(31)45)49-58(52,53)38-27-46-24-15-25-50(38)41(51)56-42(2,3)4/h5-14,16-23,26,30,38,46H,15,24-25,27-29H2,1-4H3,(H,47,48,49)/t30-,38?/m1/s1. The van der Waals surface area contributed by atoms with Gasteiger partial charge in [-0.05, 0) is 63.4 Å². The zero-order chi connectivity index (χ0) is 41.3. The Balaban J connectivity index is 1.31. The molecule has 0 bridgehead atoms. The SMILES string of the molecule is C[C@H](COC(c1ccccc1)(c1ccccc1)c1ccccc1)Oc1cc(NS(=O)(=O)C2CNCCCN2C(=O)OC(C)(C)C)nc(SCc2cccc(F)c2F)n1. The number of aromatic nitrogens is 2. The predicted octanol–water partition coefficient (Wildman–Crippen LogP) is 8.12. The van der Waals surface area contributed by atoms with Crippen LogP contribution in [0.15, 0.2) is 120 Å². The van der Waals surface area contributed by atoms with Gasteiger partial charge in [0.25, 0.3) is 10.0 Å². The first kappa shape index (κ1) is 42.5. The Morgan fingerprint density at radius 2 is 1.52 bits per heavy atom. The third-order valence-electron chi connectivity index (χ3n) is 9.12. The number of sulfonamides is 1. The minimum atomic E-state index is -4.35. The van der Waals surface area contributed by atoms with Crippen molar-refractivity contribution in [2.24, 2.45) is 0 Å². The minimum absolute atomic E-state index is 0.00117. The van der Waals surface area contributed by atoms with E-state index in [9.17, 15) is 22.0 Å². The number of rotatable bonds is 14. The lowest BCUT2D eigenvalue weighted by Gasteiger charge is -2.36. The van der Waals surface area contributed by atoms with E-state index in [1.54, 1.807) is 27.7 Å². The van der Waals surface area contributed by atoms with Crippen LogP contribution in [0.2, 0.25) is 0 Å². The van der Waals surface area contributed by atoms with E-state index in [2.05, 4.69) is 20.0 Å². The first-order valence-electron chi connectivity index (χ1n) is 18.9. The number of anilines is 1. The van der Waals surface area contributed by atoms with Crippen LogP contribution >= 0.6 is 11.8 Å². The molecule has 0 radical (unpaired) electrons. The van der Waals surface area contributed by atoms with Gasteiger partial charge in [0.05, 0.1) is 6.61 Å². The number of halogens is 2. The van der Waals surface area contributed by atoms with Crippen LogP contribution in [0.3, 0.4) is 0 Å². The molecule has 5 aromatic rings. The van der Waals surface area contributed by atoms with Crippen molar-refractivity contribution in [3.63, 3.8) is 0 Å². The molecule has 2 atom stereocenters. The number of carbonyl (C=O) groups excluding carboxylic acids is 1. The second-order valence-corrected chi connectivity index (χ2v) is 17.5. The van der Waals surface area contributed by atoms with Gasteiger partial charge < -0.3 is 19.5 Å². The summed E-state index contributed by atoms with van der Waals surface area (Å²) in [5, 5.41) is 1.76. The maximum absolute atomic E-state index is 14.6. The number of ether oxygens (including phenoxy) is 3. The van der Waals surface area contributed by atoms with E-state index in [0.717, 1.165) is 34.5 Å². The fraction of sp³-hybridized carbons (Fsp3) is 0.326. The molecule has 1 aliphatic heterocycles. The lowest BCUT2D eigenvalue weighted by molar-refractivity contribution is -0.0267. The Labute approximate surface area is 342 Å². The van der Waals surface area contributed by atoms with Crippen LogP contribution in [0.4, 0.5) is 19.4 Å². The van der Waals surface area contributed by atoms with Gasteiger partial charge in [0.1, 0.15) is 23.1 Å². The molecule has 11 nitrogen and oxygen atoms in total. The number of thioether (sulfide) groups is 1. The molecular formula is C43H47F2N5O6S2. The van der Waals surface area contributed by atoms with Gasteiger partial charge in [0, 0.05) is 30.5 Å². The van der Waals surface area contributed by atoms with Gasteiger partial charge in [0.15, 0.2) is 22.2 Å². The van der Waals surface area contributed by atoms with Crippen LogP contribution < -0.4 is 14.8 Å². The fourth-order valence-corrected chi connectivity index (χ4v) is 8.73. The molecule has 0 spiro atoms.